The molecule has 1 aliphatic carbocycles. The first-order valence-corrected chi connectivity index (χ1v) is 7.85. The predicted octanol–water partition coefficient (Wildman–Crippen LogP) is 1.82. The van der Waals surface area contributed by atoms with E-state index in [0.29, 0.717) is 23.8 Å². The lowest BCUT2D eigenvalue weighted by Crippen LogP contribution is -2.29. The molecule has 0 saturated heterocycles. The number of rotatable bonds is 6. The van der Waals surface area contributed by atoms with Gasteiger partial charge in [-0.1, -0.05) is 11.6 Å². The number of hydrogen-bond donors (Lipinski definition) is 3. The SMILES string of the molecule is O=C(NCC1=CCNCC1)c1ccc(NC2CC2)c([N+](=O)[O-])c1. The minimum absolute atomic E-state index is 0.0503. The van der Waals surface area contributed by atoms with Crippen LogP contribution in [0.2, 0.25) is 0 Å². The van der Waals surface area contributed by atoms with Gasteiger partial charge in [0.25, 0.3) is 11.6 Å². The highest BCUT2D eigenvalue weighted by Crippen LogP contribution is 2.31. The van der Waals surface area contributed by atoms with Gasteiger partial charge in [-0.05, 0) is 37.9 Å². The lowest BCUT2D eigenvalue weighted by molar-refractivity contribution is -0.384. The number of amides is 1. The third kappa shape index (κ3) is 4.07. The summed E-state index contributed by atoms with van der Waals surface area (Å²) < 4.78 is 0. The van der Waals surface area contributed by atoms with Crippen molar-refractivity contribution in [1.82, 2.24) is 10.6 Å². The Morgan fingerprint density at radius 1 is 1.39 bits per heavy atom. The predicted molar refractivity (Wildman–Crippen MR) is 87.6 cm³/mol. The number of benzene rings is 1. The molecule has 1 aromatic carbocycles. The molecule has 1 amide bonds. The lowest BCUT2D eigenvalue weighted by Gasteiger charge is -2.14. The molecule has 0 radical (unpaired) electrons. The standard InChI is InChI=1S/C16H20N4O3/c21-16(18-10-11-5-7-17-8-6-11)12-1-4-14(19-13-2-3-13)15(9-12)20(22)23/h1,4-5,9,13,17,19H,2-3,6-8,10H2,(H,18,21). The van der Waals surface area contributed by atoms with Gasteiger partial charge in [-0.2, -0.15) is 0 Å². The maximum atomic E-state index is 12.2. The summed E-state index contributed by atoms with van der Waals surface area (Å²) in [5.74, 6) is -0.287. The second kappa shape index (κ2) is 6.78. The van der Waals surface area contributed by atoms with Crippen LogP contribution in [0.3, 0.4) is 0 Å². The van der Waals surface area contributed by atoms with Crippen LogP contribution in [0.15, 0.2) is 29.8 Å². The van der Waals surface area contributed by atoms with E-state index in [4.69, 9.17) is 0 Å². The molecule has 1 fully saturated rings. The van der Waals surface area contributed by atoms with E-state index in [1.807, 2.05) is 0 Å². The number of carbonyl (C=O) groups excluding carboxylic acids is 1. The van der Waals surface area contributed by atoms with Gasteiger partial charge in [-0.25, -0.2) is 0 Å². The van der Waals surface area contributed by atoms with Crippen molar-refractivity contribution in [2.75, 3.05) is 25.0 Å². The fraction of sp³-hybridized carbons (Fsp3) is 0.438. The van der Waals surface area contributed by atoms with E-state index >= 15 is 0 Å². The fourth-order valence-electron chi connectivity index (χ4n) is 2.52. The molecule has 0 aromatic heterocycles. The zero-order valence-corrected chi connectivity index (χ0v) is 12.8. The molecule has 1 aromatic rings. The number of anilines is 1. The van der Waals surface area contributed by atoms with E-state index in [1.54, 1.807) is 12.1 Å². The van der Waals surface area contributed by atoms with Crippen LogP contribution in [-0.2, 0) is 0 Å². The van der Waals surface area contributed by atoms with Crippen molar-refractivity contribution < 1.29 is 9.72 Å². The third-order valence-electron chi connectivity index (χ3n) is 4.03. The second-order valence-electron chi connectivity index (χ2n) is 5.91. The van der Waals surface area contributed by atoms with Gasteiger partial charge in [0.05, 0.1) is 4.92 Å². The number of nitrogens with zero attached hydrogens (tertiary/aromatic N) is 1. The molecular weight excluding hydrogens is 296 g/mol. The van der Waals surface area contributed by atoms with Crippen LogP contribution in [0, 0.1) is 10.1 Å². The molecule has 7 nitrogen and oxygen atoms in total. The summed E-state index contributed by atoms with van der Waals surface area (Å²) in [6, 6.07) is 4.91. The molecule has 3 rings (SSSR count). The average molecular weight is 316 g/mol. The first kappa shape index (κ1) is 15.5. The number of nitro benzene ring substituents is 1. The Morgan fingerprint density at radius 3 is 2.87 bits per heavy atom. The molecule has 0 atom stereocenters. The van der Waals surface area contributed by atoms with Gasteiger partial charge >= 0.3 is 0 Å². The van der Waals surface area contributed by atoms with Crippen molar-refractivity contribution in [3.05, 3.63) is 45.5 Å². The molecule has 2 aliphatic rings. The molecule has 122 valence electrons. The molecule has 1 aliphatic heterocycles. The Hall–Kier alpha value is -2.41. The highest BCUT2D eigenvalue weighted by atomic mass is 16.6. The van der Waals surface area contributed by atoms with Crippen molar-refractivity contribution in [2.24, 2.45) is 0 Å². The van der Waals surface area contributed by atoms with Crippen molar-refractivity contribution in [3.8, 4) is 0 Å². The minimum Gasteiger partial charge on any atom is -0.377 e. The second-order valence-corrected chi connectivity index (χ2v) is 5.91. The smallest absolute Gasteiger partial charge is 0.293 e. The Morgan fingerprint density at radius 2 is 2.22 bits per heavy atom. The molecule has 0 spiro atoms. The van der Waals surface area contributed by atoms with Crippen LogP contribution in [0.4, 0.5) is 11.4 Å². The van der Waals surface area contributed by atoms with Crippen molar-refractivity contribution >= 4 is 17.3 Å². The highest BCUT2D eigenvalue weighted by molar-refractivity contribution is 5.95. The molecule has 7 heteroatoms. The van der Waals surface area contributed by atoms with Crippen LogP contribution in [-0.4, -0.2) is 36.5 Å². The summed E-state index contributed by atoms with van der Waals surface area (Å²) in [7, 11) is 0. The van der Waals surface area contributed by atoms with E-state index in [0.717, 1.165) is 32.4 Å². The Bertz CT molecular complexity index is 653. The summed E-state index contributed by atoms with van der Waals surface area (Å²) in [4.78, 5) is 23.0. The average Bonchev–Trinajstić information content (AvgIpc) is 3.37. The number of nitro groups is 1. The summed E-state index contributed by atoms with van der Waals surface area (Å²) in [6.07, 6.45) is 5.03. The highest BCUT2D eigenvalue weighted by Gasteiger charge is 2.25. The van der Waals surface area contributed by atoms with Crippen molar-refractivity contribution in [1.29, 1.82) is 0 Å². The molecule has 23 heavy (non-hydrogen) atoms. The summed E-state index contributed by atoms with van der Waals surface area (Å²) >= 11 is 0. The van der Waals surface area contributed by atoms with Gasteiger partial charge in [-0.3, -0.25) is 14.9 Å². The molecule has 3 N–H and O–H groups in total. The normalized spacial score (nSPS) is 17.3. The minimum atomic E-state index is -0.448. The quantitative estimate of drug-likeness (QED) is 0.422. The number of hydrogen-bond acceptors (Lipinski definition) is 5. The maximum Gasteiger partial charge on any atom is 0.293 e. The summed E-state index contributed by atoms with van der Waals surface area (Å²) in [5, 5.41) is 20.4. The molecule has 1 saturated carbocycles. The van der Waals surface area contributed by atoms with Crippen LogP contribution in [0.25, 0.3) is 0 Å². The molecular formula is C16H20N4O3. The van der Waals surface area contributed by atoms with Crippen LogP contribution in [0.5, 0.6) is 0 Å². The van der Waals surface area contributed by atoms with Crippen LogP contribution in [0.1, 0.15) is 29.6 Å². The monoisotopic (exact) mass is 316 g/mol. The van der Waals surface area contributed by atoms with E-state index in [-0.39, 0.29) is 11.6 Å². The summed E-state index contributed by atoms with van der Waals surface area (Å²) in [6.45, 7) is 2.21. The topological polar surface area (TPSA) is 96.3 Å². The first-order valence-electron chi connectivity index (χ1n) is 7.85. The van der Waals surface area contributed by atoms with E-state index in [9.17, 15) is 14.9 Å². The molecule has 0 bridgehead atoms. The van der Waals surface area contributed by atoms with E-state index in [1.165, 1.54) is 11.6 Å². The van der Waals surface area contributed by atoms with Gasteiger partial charge in [-0.15, -0.1) is 0 Å². The van der Waals surface area contributed by atoms with Gasteiger partial charge in [0, 0.05) is 30.8 Å². The third-order valence-corrected chi connectivity index (χ3v) is 4.03. The van der Waals surface area contributed by atoms with Crippen LogP contribution >= 0.6 is 0 Å². The van der Waals surface area contributed by atoms with Gasteiger partial charge in [0.2, 0.25) is 0 Å². The largest absolute Gasteiger partial charge is 0.377 e. The van der Waals surface area contributed by atoms with Gasteiger partial charge in [0.15, 0.2) is 0 Å². The Balaban J connectivity index is 1.68. The Labute approximate surface area is 134 Å². The van der Waals surface area contributed by atoms with Crippen molar-refractivity contribution in [2.45, 2.75) is 25.3 Å². The van der Waals surface area contributed by atoms with E-state index < -0.39 is 4.92 Å². The maximum absolute atomic E-state index is 12.2. The first-order chi connectivity index (χ1) is 11.1. The molecule has 1 heterocycles. The molecule has 0 unspecified atom stereocenters. The summed E-state index contributed by atoms with van der Waals surface area (Å²) in [5.41, 5.74) is 1.92. The number of carbonyl (C=O) groups is 1. The van der Waals surface area contributed by atoms with Gasteiger partial charge < -0.3 is 16.0 Å². The Kier molecular flexibility index (Phi) is 4.57. The van der Waals surface area contributed by atoms with Gasteiger partial charge in [0.1, 0.15) is 5.69 Å². The van der Waals surface area contributed by atoms with Crippen molar-refractivity contribution in [3.63, 3.8) is 0 Å². The number of nitrogens with one attached hydrogen (secondary N) is 3. The zero-order chi connectivity index (χ0) is 16.2. The van der Waals surface area contributed by atoms with E-state index in [2.05, 4.69) is 22.0 Å². The fourth-order valence-corrected chi connectivity index (χ4v) is 2.52. The lowest BCUT2D eigenvalue weighted by atomic mass is 10.1. The zero-order valence-electron chi connectivity index (χ0n) is 12.8. The van der Waals surface area contributed by atoms with Crippen LogP contribution < -0.4 is 16.0 Å².